The van der Waals surface area contributed by atoms with Gasteiger partial charge >= 0.3 is 0 Å². The van der Waals surface area contributed by atoms with Gasteiger partial charge < -0.3 is 9.84 Å². The molecular formula is C11H14ClN3O2. The van der Waals surface area contributed by atoms with E-state index in [1.54, 1.807) is 25.3 Å². The van der Waals surface area contributed by atoms with E-state index in [9.17, 15) is 5.11 Å². The number of aliphatic hydroxyl groups excluding tert-OH is 1. The minimum Gasteiger partial charge on any atom is -0.496 e. The fraction of sp³-hybridized carbons (Fsp3) is 0.455. The van der Waals surface area contributed by atoms with Crippen LogP contribution in [0.15, 0.2) is 23.3 Å². The van der Waals surface area contributed by atoms with Crippen LogP contribution in [0.2, 0.25) is 5.02 Å². The first-order valence-electron chi connectivity index (χ1n) is 5.21. The Labute approximate surface area is 105 Å². The molecule has 0 aliphatic heterocycles. The Morgan fingerprint density at radius 1 is 1.59 bits per heavy atom. The van der Waals surface area contributed by atoms with Crippen molar-refractivity contribution in [2.24, 2.45) is 5.11 Å². The molecule has 0 saturated carbocycles. The van der Waals surface area contributed by atoms with E-state index in [1.807, 2.05) is 0 Å². The van der Waals surface area contributed by atoms with E-state index < -0.39 is 6.10 Å². The van der Waals surface area contributed by atoms with Crippen LogP contribution in [-0.2, 0) is 0 Å². The van der Waals surface area contributed by atoms with E-state index >= 15 is 0 Å². The first kappa shape index (κ1) is 13.6. The normalized spacial score (nSPS) is 11.7. The maximum Gasteiger partial charge on any atom is 0.124 e. The average molecular weight is 256 g/mol. The van der Waals surface area contributed by atoms with Gasteiger partial charge in [0.15, 0.2) is 0 Å². The first-order valence-corrected chi connectivity index (χ1v) is 5.59. The zero-order valence-electron chi connectivity index (χ0n) is 9.51. The number of hydrogen-bond acceptors (Lipinski definition) is 3. The van der Waals surface area contributed by atoms with Gasteiger partial charge in [0.1, 0.15) is 5.75 Å². The maximum atomic E-state index is 9.98. The number of rotatable bonds is 6. The van der Waals surface area contributed by atoms with E-state index in [0.717, 1.165) is 0 Å². The maximum absolute atomic E-state index is 9.98. The molecule has 1 N–H and O–H groups in total. The summed E-state index contributed by atoms with van der Waals surface area (Å²) in [6.07, 6.45) is 0.439. The molecule has 0 radical (unpaired) electrons. The summed E-state index contributed by atoms with van der Waals surface area (Å²) < 4.78 is 5.15. The molecule has 0 fully saturated rings. The second kappa shape index (κ2) is 7.01. The molecule has 0 saturated heterocycles. The number of methoxy groups -OCH3 is 1. The molecule has 0 aliphatic carbocycles. The molecule has 6 heteroatoms. The lowest BCUT2D eigenvalue weighted by Crippen LogP contribution is -2.01. The van der Waals surface area contributed by atoms with Gasteiger partial charge in [0.25, 0.3) is 0 Å². The van der Waals surface area contributed by atoms with Gasteiger partial charge in [-0.15, -0.1) is 0 Å². The van der Waals surface area contributed by atoms with Crippen LogP contribution in [0.5, 0.6) is 5.75 Å². The van der Waals surface area contributed by atoms with Crippen molar-refractivity contribution < 1.29 is 9.84 Å². The second-order valence-electron chi connectivity index (χ2n) is 3.50. The minimum atomic E-state index is -0.669. The van der Waals surface area contributed by atoms with Gasteiger partial charge in [0.2, 0.25) is 0 Å². The first-order chi connectivity index (χ1) is 8.19. The summed E-state index contributed by atoms with van der Waals surface area (Å²) in [5, 5.41) is 13.9. The van der Waals surface area contributed by atoms with Gasteiger partial charge in [-0.25, -0.2) is 0 Å². The Kier molecular flexibility index (Phi) is 5.63. The quantitative estimate of drug-likeness (QED) is 0.366. The molecule has 1 aromatic carbocycles. The second-order valence-corrected chi connectivity index (χ2v) is 3.94. The van der Waals surface area contributed by atoms with Crippen molar-refractivity contribution in [2.45, 2.75) is 18.9 Å². The summed E-state index contributed by atoms with van der Waals surface area (Å²) in [6.45, 7) is 0.371. The monoisotopic (exact) mass is 255 g/mol. The molecule has 0 spiro atoms. The smallest absolute Gasteiger partial charge is 0.124 e. The molecule has 17 heavy (non-hydrogen) atoms. The number of benzene rings is 1. The van der Waals surface area contributed by atoms with Gasteiger partial charge in [-0.05, 0) is 36.6 Å². The van der Waals surface area contributed by atoms with Crippen molar-refractivity contribution in [2.75, 3.05) is 13.7 Å². The highest BCUT2D eigenvalue weighted by Gasteiger charge is 2.13. The molecule has 0 aliphatic rings. The number of halogens is 1. The Hall–Kier alpha value is -1.42. The highest BCUT2D eigenvalue weighted by Crippen LogP contribution is 2.30. The number of nitrogens with zero attached hydrogens (tertiary/aromatic N) is 3. The zero-order chi connectivity index (χ0) is 12.7. The number of ether oxygens (including phenoxy) is 1. The Morgan fingerprint density at radius 2 is 2.35 bits per heavy atom. The van der Waals surface area contributed by atoms with Crippen molar-refractivity contribution in [3.8, 4) is 5.75 Å². The van der Waals surface area contributed by atoms with Crippen LogP contribution in [0.4, 0.5) is 0 Å². The van der Waals surface area contributed by atoms with Crippen molar-refractivity contribution >= 4 is 11.6 Å². The molecule has 1 unspecified atom stereocenters. The van der Waals surface area contributed by atoms with Crippen molar-refractivity contribution in [3.05, 3.63) is 39.2 Å². The van der Waals surface area contributed by atoms with Gasteiger partial charge in [-0.3, -0.25) is 0 Å². The van der Waals surface area contributed by atoms with Crippen LogP contribution in [0.25, 0.3) is 10.4 Å². The van der Waals surface area contributed by atoms with Gasteiger partial charge in [0.05, 0.1) is 13.2 Å². The number of azide groups is 1. The standard InChI is InChI=1S/C11H14ClN3O2/c1-17-11-5-4-8(12)7-9(11)10(16)3-2-6-14-15-13/h4-5,7,10,16H,2-3,6H2,1H3. The molecule has 0 aromatic heterocycles. The zero-order valence-corrected chi connectivity index (χ0v) is 10.3. The summed E-state index contributed by atoms with van der Waals surface area (Å²) >= 11 is 5.87. The third-order valence-electron chi connectivity index (χ3n) is 2.35. The van der Waals surface area contributed by atoms with Crippen LogP contribution >= 0.6 is 11.6 Å². The fourth-order valence-corrected chi connectivity index (χ4v) is 1.70. The number of hydrogen-bond donors (Lipinski definition) is 1. The Bertz CT molecular complexity index is 419. The molecular weight excluding hydrogens is 242 g/mol. The van der Waals surface area contributed by atoms with Gasteiger partial charge in [-0.1, -0.05) is 16.7 Å². The summed E-state index contributed by atoms with van der Waals surface area (Å²) in [5.74, 6) is 0.602. The van der Waals surface area contributed by atoms with Crippen molar-refractivity contribution in [1.82, 2.24) is 0 Å². The SMILES string of the molecule is COc1ccc(Cl)cc1C(O)CCCN=[N+]=[N-]. The molecule has 1 atom stereocenters. The topological polar surface area (TPSA) is 78.2 Å². The summed E-state index contributed by atoms with van der Waals surface area (Å²) in [5.41, 5.74) is 8.78. The van der Waals surface area contributed by atoms with E-state index in [0.29, 0.717) is 35.7 Å². The molecule has 0 bridgehead atoms. The van der Waals surface area contributed by atoms with Gasteiger partial charge in [0, 0.05) is 22.0 Å². The highest BCUT2D eigenvalue weighted by molar-refractivity contribution is 6.30. The molecule has 1 aromatic rings. The molecule has 92 valence electrons. The molecule has 5 nitrogen and oxygen atoms in total. The predicted molar refractivity (Wildman–Crippen MR) is 66.2 cm³/mol. The van der Waals surface area contributed by atoms with Crippen LogP contribution in [0.3, 0.4) is 0 Å². The van der Waals surface area contributed by atoms with Crippen LogP contribution in [-0.4, -0.2) is 18.8 Å². The average Bonchev–Trinajstić information content (AvgIpc) is 2.34. The van der Waals surface area contributed by atoms with Crippen LogP contribution < -0.4 is 4.74 Å². The van der Waals surface area contributed by atoms with Crippen LogP contribution in [0.1, 0.15) is 24.5 Å². The molecule has 1 rings (SSSR count). The third kappa shape index (κ3) is 4.15. The Morgan fingerprint density at radius 3 is 3.00 bits per heavy atom. The molecule has 0 heterocycles. The lowest BCUT2D eigenvalue weighted by molar-refractivity contribution is 0.161. The Balaban J connectivity index is 2.69. The van der Waals surface area contributed by atoms with Crippen molar-refractivity contribution in [1.29, 1.82) is 0 Å². The lowest BCUT2D eigenvalue weighted by atomic mass is 10.0. The largest absolute Gasteiger partial charge is 0.496 e. The molecule has 0 amide bonds. The van der Waals surface area contributed by atoms with Crippen LogP contribution in [0, 0.1) is 0 Å². The predicted octanol–water partition coefficient (Wildman–Crippen LogP) is 3.47. The summed E-state index contributed by atoms with van der Waals surface area (Å²) in [7, 11) is 1.54. The van der Waals surface area contributed by atoms with Crippen molar-refractivity contribution in [3.63, 3.8) is 0 Å². The number of aliphatic hydroxyl groups is 1. The highest BCUT2D eigenvalue weighted by atomic mass is 35.5. The van der Waals surface area contributed by atoms with Gasteiger partial charge in [-0.2, -0.15) is 0 Å². The van der Waals surface area contributed by atoms with E-state index in [4.69, 9.17) is 21.9 Å². The van der Waals surface area contributed by atoms with E-state index in [2.05, 4.69) is 10.0 Å². The summed E-state index contributed by atoms with van der Waals surface area (Å²) in [6, 6.07) is 5.10. The summed E-state index contributed by atoms with van der Waals surface area (Å²) in [4.78, 5) is 2.65. The van der Waals surface area contributed by atoms with E-state index in [-0.39, 0.29) is 0 Å². The lowest BCUT2D eigenvalue weighted by Gasteiger charge is -2.14. The fourth-order valence-electron chi connectivity index (χ4n) is 1.52. The van der Waals surface area contributed by atoms with E-state index in [1.165, 1.54) is 0 Å². The minimum absolute atomic E-state index is 0.371. The third-order valence-corrected chi connectivity index (χ3v) is 2.58.